The van der Waals surface area contributed by atoms with E-state index in [0.29, 0.717) is 0 Å². The van der Waals surface area contributed by atoms with Crippen LogP contribution < -0.4 is 4.90 Å². The lowest BCUT2D eigenvalue weighted by Gasteiger charge is -2.23. The lowest BCUT2D eigenvalue weighted by molar-refractivity contribution is 0.360. The molecule has 1 saturated heterocycles. The van der Waals surface area contributed by atoms with Gasteiger partial charge in [0.05, 0.1) is 6.20 Å². The third-order valence-corrected chi connectivity index (χ3v) is 3.94. The number of nitrogens with zero attached hydrogens (tertiary/aromatic N) is 5. The highest BCUT2D eigenvalue weighted by Gasteiger charge is 2.16. The predicted octanol–water partition coefficient (Wildman–Crippen LogP) is 1.82. The Bertz CT molecular complexity index is 577. The second-order valence-electron chi connectivity index (χ2n) is 5.60. The second-order valence-corrected chi connectivity index (χ2v) is 5.60. The molecule has 1 aliphatic rings. The van der Waals surface area contributed by atoms with Crippen LogP contribution in [0.15, 0.2) is 18.3 Å². The smallest absolute Gasteiger partial charge is 0.157 e. The van der Waals surface area contributed by atoms with E-state index in [9.17, 15) is 0 Å². The topological polar surface area (TPSA) is 36.7 Å². The van der Waals surface area contributed by atoms with Crippen molar-refractivity contribution >= 4 is 11.5 Å². The summed E-state index contributed by atoms with van der Waals surface area (Å²) in [6.07, 6.45) is 5.19. The van der Waals surface area contributed by atoms with Crippen molar-refractivity contribution in [2.75, 3.05) is 38.1 Å². The maximum absolute atomic E-state index is 4.68. The van der Waals surface area contributed by atoms with Gasteiger partial charge in [0.1, 0.15) is 5.82 Å². The molecule has 2 aromatic heterocycles. The standard InChI is InChI=1S/C15H23N5/c1-3-5-13-12-15(20-14(17-13)6-7-16-20)19-9-4-8-18(2)10-11-19/h6-7,12H,3-5,8-11H2,1-2H3. The fourth-order valence-electron chi connectivity index (χ4n) is 2.83. The minimum Gasteiger partial charge on any atom is -0.355 e. The molecule has 0 unspecified atom stereocenters. The van der Waals surface area contributed by atoms with Gasteiger partial charge in [-0.25, -0.2) is 4.98 Å². The number of aromatic nitrogens is 3. The number of hydrogen-bond donors (Lipinski definition) is 0. The van der Waals surface area contributed by atoms with Crippen LogP contribution in [0, 0.1) is 0 Å². The highest BCUT2D eigenvalue weighted by molar-refractivity contribution is 5.51. The Morgan fingerprint density at radius 1 is 1.20 bits per heavy atom. The van der Waals surface area contributed by atoms with E-state index in [1.165, 1.54) is 24.5 Å². The molecule has 0 radical (unpaired) electrons. The molecule has 3 heterocycles. The molecular formula is C15H23N5. The quantitative estimate of drug-likeness (QED) is 0.855. The van der Waals surface area contributed by atoms with E-state index in [2.05, 4.69) is 39.9 Å². The van der Waals surface area contributed by atoms with Crippen LogP contribution in [0.25, 0.3) is 5.65 Å². The van der Waals surface area contributed by atoms with E-state index in [1.54, 1.807) is 0 Å². The average molecular weight is 273 g/mol. The van der Waals surface area contributed by atoms with Crippen molar-refractivity contribution in [3.05, 3.63) is 24.0 Å². The first-order chi connectivity index (χ1) is 9.78. The second kappa shape index (κ2) is 5.79. The van der Waals surface area contributed by atoms with Crippen LogP contribution in [0.1, 0.15) is 25.5 Å². The van der Waals surface area contributed by atoms with Gasteiger partial charge < -0.3 is 9.80 Å². The minimum atomic E-state index is 0.962. The monoisotopic (exact) mass is 273 g/mol. The van der Waals surface area contributed by atoms with Crippen molar-refractivity contribution in [2.24, 2.45) is 0 Å². The molecule has 0 spiro atoms. The van der Waals surface area contributed by atoms with Gasteiger partial charge in [-0.1, -0.05) is 13.3 Å². The third kappa shape index (κ3) is 2.63. The van der Waals surface area contributed by atoms with Crippen molar-refractivity contribution in [3.63, 3.8) is 0 Å². The summed E-state index contributed by atoms with van der Waals surface area (Å²) >= 11 is 0. The molecule has 3 rings (SSSR count). The van der Waals surface area contributed by atoms with Crippen molar-refractivity contribution in [3.8, 4) is 0 Å². The summed E-state index contributed by atoms with van der Waals surface area (Å²) in [6, 6.07) is 4.21. The van der Waals surface area contributed by atoms with Crippen molar-refractivity contribution in [1.29, 1.82) is 0 Å². The highest BCUT2D eigenvalue weighted by Crippen LogP contribution is 2.19. The molecule has 1 aliphatic heterocycles. The SMILES string of the molecule is CCCc1cc(N2CCCN(C)CC2)n2nccc2n1. The Morgan fingerprint density at radius 2 is 2.10 bits per heavy atom. The normalized spacial score (nSPS) is 17.6. The molecule has 0 saturated carbocycles. The summed E-state index contributed by atoms with van der Waals surface area (Å²) in [4.78, 5) is 9.53. The summed E-state index contributed by atoms with van der Waals surface area (Å²) < 4.78 is 1.98. The zero-order chi connectivity index (χ0) is 13.9. The lowest BCUT2D eigenvalue weighted by Crippen LogP contribution is -2.30. The fourth-order valence-corrected chi connectivity index (χ4v) is 2.83. The largest absolute Gasteiger partial charge is 0.355 e. The molecular weight excluding hydrogens is 250 g/mol. The first-order valence-corrected chi connectivity index (χ1v) is 7.55. The van der Waals surface area contributed by atoms with Crippen molar-refractivity contribution in [1.82, 2.24) is 19.5 Å². The molecule has 5 nitrogen and oxygen atoms in total. The van der Waals surface area contributed by atoms with Crippen LogP contribution in [-0.2, 0) is 6.42 Å². The van der Waals surface area contributed by atoms with E-state index in [1.807, 2.05) is 16.8 Å². The van der Waals surface area contributed by atoms with Gasteiger partial charge >= 0.3 is 0 Å². The zero-order valence-corrected chi connectivity index (χ0v) is 12.4. The molecule has 108 valence electrons. The van der Waals surface area contributed by atoms with Crippen molar-refractivity contribution < 1.29 is 0 Å². The third-order valence-electron chi connectivity index (χ3n) is 3.94. The number of aryl methyl sites for hydroxylation is 1. The number of fused-ring (bicyclic) bond motifs is 1. The Morgan fingerprint density at radius 3 is 2.95 bits per heavy atom. The minimum absolute atomic E-state index is 0.962. The van der Waals surface area contributed by atoms with Gasteiger partial charge in [-0.05, 0) is 26.4 Å². The molecule has 0 amide bonds. The van der Waals surface area contributed by atoms with Gasteiger partial charge in [-0.2, -0.15) is 9.61 Å². The van der Waals surface area contributed by atoms with E-state index in [4.69, 9.17) is 0 Å². The number of likely N-dealkylation sites (N-methyl/N-ethyl adjacent to an activating group) is 1. The predicted molar refractivity (Wildman–Crippen MR) is 81.3 cm³/mol. The highest BCUT2D eigenvalue weighted by atomic mass is 15.4. The first-order valence-electron chi connectivity index (χ1n) is 7.55. The molecule has 0 atom stereocenters. The van der Waals surface area contributed by atoms with Crippen LogP contribution in [-0.4, -0.2) is 52.7 Å². The lowest BCUT2D eigenvalue weighted by atomic mass is 10.2. The van der Waals surface area contributed by atoms with Crippen LogP contribution in [0.3, 0.4) is 0 Å². The van der Waals surface area contributed by atoms with E-state index in [-0.39, 0.29) is 0 Å². The summed E-state index contributed by atoms with van der Waals surface area (Å²) in [7, 11) is 2.20. The molecule has 0 bridgehead atoms. The summed E-state index contributed by atoms with van der Waals surface area (Å²) in [5.74, 6) is 1.19. The van der Waals surface area contributed by atoms with Gasteiger partial charge in [0.2, 0.25) is 0 Å². The van der Waals surface area contributed by atoms with Crippen LogP contribution in [0.5, 0.6) is 0 Å². The molecule has 0 aliphatic carbocycles. The Hall–Kier alpha value is -1.62. The van der Waals surface area contributed by atoms with Crippen LogP contribution in [0.2, 0.25) is 0 Å². The van der Waals surface area contributed by atoms with E-state index in [0.717, 1.165) is 38.1 Å². The molecule has 20 heavy (non-hydrogen) atoms. The maximum Gasteiger partial charge on any atom is 0.157 e. The summed E-state index contributed by atoms with van der Waals surface area (Å²) in [5, 5.41) is 4.44. The Labute approximate surface area is 120 Å². The van der Waals surface area contributed by atoms with Gasteiger partial charge in [-0.15, -0.1) is 0 Å². The van der Waals surface area contributed by atoms with Gasteiger partial charge in [-0.3, -0.25) is 0 Å². The van der Waals surface area contributed by atoms with Crippen LogP contribution >= 0.6 is 0 Å². The van der Waals surface area contributed by atoms with Crippen molar-refractivity contribution in [2.45, 2.75) is 26.2 Å². The molecule has 1 fully saturated rings. The zero-order valence-electron chi connectivity index (χ0n) is 12.4. The van der Waals surface area contributed by atoms with Gasteiger partial charge in [0, 0.05) is 37.5 Å². The molecule has 0 N–H and O–H groups in total. The number of rotatable bonds is 3. The van der Waals surface area contributed by atoms with Gasteiger partial charge in [0.25, 0.3) is 0 Å². The molecule has 5 heteroatoms. The first kappa shape index (κ1) is 13.4. The average Bonchev–Trinajstić information content (AvgIpc) is 2.80. The molecule has 2 aromatic rings. The molecule has 0 aromatic carbocycles. The summed E-state index contributed by atoms with van der Waals surface area (Å²) in [6.45, 7) is 6.62. The van der Waals surface area contributed by atoms with E-state index < -0.39 is 0 Å². The number of hydrogen-bond acceptors (Lipinski definition) is 4. The fraction of sp³-hybridized carbons (Fsp3) is 0.600. The Kier molecular flexibility index (Phi) is 3.87. The summed E-state index contributed by atoms with van der Waals surface area (Å²) in [5.41, 5.74) is 2.14. The van der Waals surface area contributed by atoms with Gasteiger partial charge in [0.15, 0.2) is 5.65 Å². The number of anilines is 1. The Balaban J connectivity index is 1.97. The van der Waals surface area contributed by atoms with E-state index >= 15 is 0 Å². The maximum atomic E-state index is 4.68. The van der Waals surface area contributed by atoms with Crippen LogP contribution in [0.4, 0.5) is 5.82 Å².